The molecule has 1 aliphatic heterocycles. The van der Waals surface area contributed by atoms with E-state index in [0.717, 1.165) is 5.56 Å². The molecule has 3 rings (SSSR count). The predicted molar refractivity (Wildman–Crippen MR) is 147 cm³/mol. The number of carbonyl (C=O) groups is 3. The fourth-order valence-electron chi connectivity index (χ4n) is 3.98. The van der Waals surface area contributed by atoms with Crippen LogP contribution in [-0.4, -0.2) is 70.8 Å². The summed E-state index contributed by atoms with van der Waals surface area (Å²) >= 11 is 0. The second-order valence-electron chi connectivity index (χ2n) is 10.2. The zero-order chi connectivity index (χ0) is 29.1. The second-order valence-corrected chi connectivity index (χ2v) is 10.2. The first-order valence-electron chi connectivity index (χ1n) is 13.1. The highest BCUT2D eigenvalue weighted by atomic mass is 16.6. The Morgan fingerprint density at radius 3 is 2.42 bits per heavy atom. The molecule has 2 amide bonds. The van der Waals surface area contributed by atoms with E-state index in [1.165, 1.54) is 34.1 Å². The third kappa shape index (κ3) is 9.40. The first kappa shape index (κ1) is 30.1. The van der Waals surface area contributed by atoms with Crippen molar-refractivity contribution in [3.05, 3.63) is 81.9 Å². The molecule has 1 unspecified atom stereocenters. The Hall–Kier alpha value is -4.41. The van der Waals surface area contributed by atoms with Crippen molar-refractivity contribution in [2.24, 2.45) is 0 Å². The van der Waals surface area contributed by atoms with Gasteiger partial charge in [-0.1, -0.05) is 42.5 Å². The van der Waals surface area contributed by atoms with E-state index in [2.05, 4.69) is 0 Å². The molecule has 0 radical (unpaired) electrons. The van der Waals surface area contributed by atoms with Crippen molar-refractivity contribution in [2.45, 2.75) is 51.9 Å². The SMILES string of the molecule is CC(C)(C)OC(=O)N(C/C=C/c1ccccc1)CCOC(=O)N1CCCC1C(=O)OCc1ccc([N+](=O)[O-])cc1. The molecule has 40 heavy (non-hydrogen) atoms. The van der Waals surface area contributed by atoms with Crippen LogP contribution in [0.25, 0.3) is 6.08 Å². The summed E-state index contributed by atoms with van der Waals surface area (Å²) in [4.78, 5) is 51.3. The Morgan fingerprint density at radius 1 is 1.07 bits per heavy atom. The van der Waals surface area contributed by atoms with Gasteiger partial charge in [-0.15, -0.1) is 0 Å². The van der Waals surface area contributed by atoms with Gasteiger partial charge in [0, 0.05) is 25.2 Å². The lowest BCUT2D eigenvalue weighted by atomic mass is 10.2. The molecule has 1 heterocycles. The monoisotopic (exact) mass is 553 g/mol. The summed E-state index contributed by atoms with van der Waals surface area (Å²) in [6.07, 6.45) is 3.57. The summed E-state index contributed by atoms with van der Waals surface area (Å²) in [5, 5.41) is 10.8. The number of ether oxygens (including phenoxy) is 3. The highest BCUT2D eigenvalue weighted by Crippen LogP contribution is 2.21. The standard InChI is InChI=1S/C29H35N3O8/c1-29(2,3)40-27(34)30(17-7-11-22-9-5-4-6-10-22)19-20-38-28(35)31-18-8-12-25(31)26(33)39-21-23-13-15-24(16-14-23)32(36)37/h4-7,9-11,13-16,25H,8,12,17-21H2,1-3H3/b11-7+. The van der Waals surface area contributed by atoms with Crippen LogP contribution >= 0.6 is 0 Å². The molecule has 11 heteroatoms. The number of benzene rings is 2. The number of likely N-dealkylation sites (tertiary alicyclic amines) is 1. The van der Waals surface area contributed by atoms with Gasteiger partial charge in [0.2, 0.25) is 0 Å². The second kappa shape index (κ2) is 14.1. The normalized spacial score (nSPS) is 15.1. The number of esters is 1. The van der Waals surface area contributed by atoms with Crippen LogP contribution in [-0.2, 0) is 25.6 Å². The smallest absolute Gasteiger partial charge is 0.410 e. The first-order valence-corrected chi connectivity index (χ1v) is 13.1. The lowest BCUT2D eigenvalue weighted by Crippen LogP contribution is -2.43. The molecule has 0 bridgehead atoms. The van der Waals surface area contributed by atoms with E-state index in [1.54, 1.807) is 20.8 Å². The first-order chi connectivity index (χ1) is 19.0. The summed E-state index contributed by atoms with van der Waals surface area (Å²) in [7, 11) is 0. The minimum Gasteiger partial charge on any atom is -0.459 e. The molecule has 0 spiro atoms. The van der Waals surface area contributed by atoms with Crippen LogP contribution in [0.5, 0.6) is 0 Å². The van der Waals surface area contributed by atoms with E-state index in [0.29, 0.717) is 24.9 Å². The maximum atomic E-state index is 12.8. The van der Waals surface area contributed by atoms with E-state index in [-0.39, 0.29) is 32.0 Å². The van der Waals surface area contributed by atoms with E-state index >= 15 is 0 Å². The van der Waals surface area contributed by atoms with Gasteiger partial charge in [0.25, 0.3) is 5.69 Å². The summed E-state index contributed by atoms with van der Waals surface area (Å²) < 4.78 is 16.3. The van der Waals surface area contributed by atoms with Crippen LogP contribution in [0.15, 0.2) is 60.7 Å². The molecule has 1 fully saturated rings. The van der Waals surface area contributed by atoms with Gasteiger partial charge in [0.05, 0.1) is 11.5 Å². The summed E-state index contributed by atoms with van der Waals surface area (Å²) in [6.45, 7) is 5.86. The highest BCUT2D eigenvalue weighted by molar-refractivity contribution is 5.82. The Balaban J connectivity index is 1.52. The topological polar surface area (TPSA) is 129 Å². The molecule has 1 atom stereocenters. The number of hydrogen-bond donors (Lipinski definition) is 0. The average Bonchev–Trinajstić information content (AvgIpc) is 3.41. The Labute approximate surface area is 233 Å². The van der Waals surface area contributed by atoms with Crippen molar-refractivity contribution in [3.63, 3.8) is 0 Å². The molecule has 0 N–H and O–H groups in total. The molecule has 2 aromatic carbocycles. The Kier molecular flexibility index (Phi) is 10.6. The van der Waals surface area contributed by atoms with E-state index in [1.807, 2.05) is 42.5 Å². The van der Waals surface area contributed by atoms with Crippen molar-refractivity contribution in [3.8, 4) is 0 Å². The van der Waals surface area contributed by atoms with Crippen LogP contribution < -0.4 is 0 Å². The van der Waals surface area contributed by atoms with E-state index < -0.39 is 34.7 Å². The van der Waals surface area contributed by atoms with Crippen molar-refractivity contribution in [1.82, 2.24) is 9.80 Å². The summed E-state index contributed by atoms with van der Waals surface area (Å²) in [5.74, 6) is -0.575. The van der Waals surface area contributed by atoms with Crippen LogP contribution in [0.4, 0.5) is 15.3 Å². The van der Waals surface area contributed by atoms with Crippen LogP contribution in [0.1, 0.15) is 44.7 Å². The number of nitrogens with zero attached hydrogens (tertiary/aromatic N) is 3. The molecule has 0 aliphatic carbocycles. The van der Waals surface area contributed by atoms with Crippen LogP contribution in [0, 0.1) is 10.1 Å². The number of hydrogen-bond acceptors (Lipinski definition) is 8. The number of rotatable bonds is 10. The van der Waals surface area contributed by atoms with E-state index in [9.17, 15) is 24.5 Å². The zero-order valence-electron chi connectivity index (χ0n) is 23.0. The molecular weight excluding hydrogens is 518 g/mol. The van der Waals surface area contributed by atoms with Gasteiger partial charge in [0.1, 0.15) is 24.9 Å². The van der Waals surface area contributed by atoms with Crippen LogP contribution in [0.2, 0.25) is 0 Å². The Bertz CT molecular complexity index is 1190. The molecule has 11 nitrogen and oxygen atoms in total. The third-order valence-electron chi connectivity index (χ3n) is 5.96. The average molecular weight is 554 g/mol. The quantitative estimate of drug-likeness (QED) is 0.170. The van der Waals surface area contributed by atoms with Crippen molar-refractivity contribution < 1.29 is 33.5 Å². The number of carbonyl (C=O) groups excluding carboxylic acids is 3. The fraction of sp³-hybridized carbons (Fsp3) is 0.414. The molecule has 214 valence electrons. The molecule has 0 aromatic heterocycles. The molecule has 1 saturated heterocycles. The fourth-order valence-corrected chi connectivity index (χ4v) is 3.98. The summed E-state index contributed by atoms with van der Waals surface area (Å²) in [6, 6.07) is 14.5. The van der Waals surface area contributed by atoms with Gasteiger partial charge in [0.15, 0.2) is 0 Å². The lowest BCUT2D eigenvalue weighted by Gasteiger charge is -2.27. The Morgan fingerprint density at radius 2 is 1.77 bits per heavy atom. The largest absolute Gasteiger partial charge is 0.459 e. The number of amides is 2. The molecule has 1 aliphatic rings. The van der Waals surface area contributed by atoms with Crippen molar-refractivity contribution in [1.29, 1.82) is 0 Å². The molecular formula is C29H35N3O8. The number of nitro groups is 1. The molecule has 0 saturated carbocycles. The van der Waals surface area contributed by atoms with Crippen LogP contribution in [0.3, 0.4) is 0 Å². The third-order valence-corrected chi connectivity index (χ3v) is 5.96. The van der Waals surface area contributed by atoms with Gasteiger partial charge >= 0.3 is 18.2 Å². The van der Waals surface area contributed by atoms with Crippen molar-refractivity contribution in [2.75, 3.05) is 26.2 Å². The van der Waals surface area contributed by atoms with Gasteiger partial charge in [-0.2, -0.15) is 0 Å². The minimum absolute atomic E-state index is 0.0581. The predicted octanol–water partition coefficient (Wildman–Crippen LogP) is 5.19. The zero-order valence-corrected chi connectivity index (χ0v) is 23.0. The van der Waals surface area contributed by atoms with E-state index in [4.69, 9.17) is 14.2 Å². The maximum absolute atomic E-state index is 12.8. The minimum atomic E-state index is -0.790. The number of non-ortho nitro benzene ring substituents is 1. The van der Waals surface area contributed by atoms with Gasteiger partial charge in [-0.3, -0.25) is 15.0 Å². The van der Waals surface area contributed by atoms with Crippen molar-refractivity contribution >= 4 is 29.9 Å². The van der Waals surface area contributed by atoms with Gasteiger partial charge in [-0.25, -0.2) is 14.4 Å². The van der Waals surface area contributed by atoms with Gasteiger partial charge in [-0.05, 0) is 56.9 Å². The lowest BCUT2D eigenvalue weighted by molar-refractivity contribution is -0.384. The highest BCUT2D eigenvalue weighted by Gasteiger charge is 2.36. The summed E-state index contributed by atoms with van der Waals surface area (Å²) in [5.41, 5.74) is 0.831. The number of nitro benzene ring substituents is 1. The van der Waals surface area contributed by atoms with Gasteiger partial charge < -0.3 is 19.1 Å². The maximum Gasteiger partial charge on any atom is 0.410 e. The molecule has 2 aromatic rings.